The Morgan fingerprint density at radius 3 is 2.34 bits per heavy atom. The van der Waals surface area contributed by atoms with Gasteiger partial charge < -0.3 is 15.4 Å². The molecule has 7 heteroatoms. The van der Waals surface area contributed by atoms with E-state index in [1.54, 1.807) is 48.9 Å². The molecule has 150 valence electrons. The maximum Gasteiger partial charge on any atom is 0.276 e. The van der Waals surface area contributed by atoms with Crippen molar-refractivity contribution in [2.24, 2.45) is 5.92 Å². The maximum absolute atomic E-state index is 12.7. The second kappa shape index (κ2) is 9.05. The van der Waals surface area contributed by atoms with Crippen molar-refractivity contribution in [3.63, 3.8) is 0 Å². The van der Waals surface area contributed by atoms with Crippen molar-refractivity contribution in [1.29, 1.82) is 0 Å². The van der Waals surface area contributed by atoms with Crippen LogP contribution in [0.25, 0.3) is 5.69 Å². The van der Waals surface area contributed by atoms with Crippen molar-refractivity contribution in [2.45, 2.75) is 20.8 Å². The van der Waals surface area contributed by atoms with Crippen LogP contribution in [0.1, 0.15) is 31.3 Å². The minimum absolute atomic E-state index is 0.152. The molecule has 0 unspecified atom stereocenters. The number of benzene rings is 2. The van der Waals surface area contributed by atoms with Gasteiger partial charge in [0.05, 0.1) is 12.3 Å². The lowest BCUT2D eigenvalue weighted by Crippen LogP contribution is -2.19. The second-order valence-corrected chi connectivity index (χ2v) is 6.72. The van der Waals surface area contributed by atoms with Gasteiger partial charge in [-0.2, -0.15) is 5.10 Å². The lowest BCUT2D eigenvalue weighted by Gasteiger charge is -2.10. The number of hydrogen-bond acceptors (Lipinski definition) is 4. The molecule has 2 N–H and O–H groups in total. The highest BCUT2D eigenvalue weighted by Gasteiger charge is 2.18. The zero-order valence-corrected chi connectivity index (χ0v) is 16.7. The first-order valence-corrected chi connectivity index (χ1v) is 9.48. The monoisotopic (exact) mass is 392 g/mol. The highest BCUT2D eigenvalue weighted by atomic mass is 16.5. The number of carbonyl (C=O) groups excluding carboxylic acids is 2. The van der Waals surface area contributed by atoms with Gasteiger partial charge in [-0.05, 0) is 43.3 Å². The van der Waals surface area contributed by atoms with Crippen molar-refractivity contribution in [3.8, 4) is 11.4 Å². The summed E-state index contributed by atoms with van der Waals surface area (Å²) >= 11 is 0. The second-order valence-electron chi connectivity index (χ2n) is 6.72. The average molecular weight is 392 g/mol. The maximum atomic E-state index is 12.7. The van der Waals surface area contributed by atoms with Crippen molar-refractivity contribution in [3.05, 3.63) is 66.4 Å². The molecule has 0 atom stereocenters. The zero-order chi connectivity index (χ0) is 20.8. The fraction of sp³-hybridized carbons (Fsp3) is 0.227. The molecule has 0 spiro atoms. The van der Waals surface area contributed by atoms with E-state index in [9.17, 15) is 9.59 Å². The molecule has 7 nitrogen and oxygen atoms in total. The first-order valence-electron chi connectivity index (χ1n) is 9.48. The fourth-order valence-electron chi connectivity index (χ4n) is 2.61. The molecule has 0 saturated heterocycles. The van der Waals surface area contributed by atoms with Gasteiger partial charge in [-0.3, -0.25) is 9.59 Å². The van der Waals surface area contributed by atoms with Gasteiger partial charge in [0.2, 0.25) is 5.91 Å². The highest BCUT2D eigenvalue weighted by molar-refractivity contribution is 6.04. The molecular formula is C22H24N4O3. The van der Waals surface area contributed by atoms with E-state index in [2.05, 4.69) is 15.7 Å². The summed E-state index contributed by atoms with van der Waals surface area (Å²) in [5.41, 5.74) is 1.56. The molecular weight excluding hydrogens is 368 g/mol. The van der Waals surface area contributed by atoms with Gasteiger partial charge in [0.25, 0.3) is 5.91 Å². The number of carbonyl (C=O) groups is 2. The van der Waals surface area contributed by atoms with E-state index in [1.807, 2.05) is 37.3 Å². The van der Waals surface area contributed by atoms with Gasteiger partial charge in [-0.25, -0.2) is 4.68 Å². The van der Waals surface area contributed by atoms with E-state index in [-0.39, 0.29) is 23.4 Å². The topological polar surface area (TPSA) is 85.3 Å². The van der Waals surface area contributed by atoms with Gasteiger partial charge in [-0.15, -0.1) is 0 Å². The number of aromatic nitrogens is 2. The van der Waals surface area contributed by atoms with Crippen LogP contribution in [0.5, 0.6) is 5.75 Å². The van der Waals surface area contributed by atoms with Crippen LogP contribution >= 0.6 is 0 Å². The predicted octanol–water partition coefficient (Wildman–Crippen LogP) is 4.12. The summed E-state index contributed by atoms with van der Waals surface area (Å²) < 4.78 is 6.96. The molecule has 3 aromatic rings. The van der Waals surface area contributed by atoms with E-state index >= 15 is 0 Å². The highest BCUT2D eigenvalue weighted by Crippen LogP contribution is 2.20. The average Bonchev–Trinajstić information content (AvgIpc) is 3.14. The number of nitrogens with one attached hydrogen (secondary N) is 2. The summed E-state index contributed by atoms with van der Waals surface area (Å²) in [6, 6.07) is 18.0. The number of para-hydroxylation sites is 1. The van der Waals surface area contributed by atoms with Crippen molar-refractivity contribution in [2.75, 3.05) is 17.2 Å². The Morgan fingerprint density at radius 1 is 1.03 bits per heavy atom. The van der Waals surface area contributed by atoms with Gasteiger partial charge in [0.1, 0.15) is 11.6 Å². The first kappa shape index (κ1) is 20.1. The summed E-state index contributed by atoms with van der Waals surface area (Å²) in [6.07, 6.45) is 0. The Labute approximate surface area is 169 Å². The van der Waals surface area contributed by atoms with Crippen LogP contribution < -0.4 is 15.4 Å². The number of rotatable bonds is 7. The van der Waals surface area contributed by atoms with Gasteiger partial charge in [0, 0.05) is 17.7 Å². The third-order valence-electron chi connectivity index (χ3n) is 4.14. The summed E-state index contributed by atoms with van der Waals surface area (Å²) in [5.74, 6) is 0.448. The summed E-state index contributed by atoms with van der Waals surface area (Å²) in [5, 5.41) is 10.0. The van der Waals surface area contributed by atoms with E-state index in [0.717, 1.165) is 11.4 Å². The molecule has 29 heavy (non-hydrogen) atoms. The van der Waals surface area contributed by atoms with Gasteiger partial charge in [-0.1, -0.05) is 32.0 Å². The molecule has 3 rings (SSSR count). The molecule has 0 saturated carbocycles. The Balaban J connectivity index is 1.85. The van der Waals surface area contributed by atoms with Crippen LogP contribution in [0.2, 0.25) is 0 Å². The summed E-state index contributed by atoms with van der Waals surface area (Å²) in [4.78, 5) is 24.9. The minimum atomic E-state index is -0.371. The lowest BCUT2D eigenvalue weighted by atomic mass is 10.2. The molecule has 2 aromatic carbocycles. The molecule has 0 fully saturated rings. The van der Waals surface area contributed by atoms with Crippen LogP contribution in [0, 0.1) is 5.92 Å². The first-order chi connectivity index (χ1) is 14.0. The fourth-order valence-corrected chi connectivity index (χ4v) is 2.61. The smallest absolute Gasteiger partial charge is 0.276 e. The molecule has 0 bridgehead atoms. The number of amides is 2. The molecule has 0 aliphatic heterocycles. The van der Waals surface area contributed by atoms with Gasteiger partial charge >= 0.3 is 0 Å². The Hall–Kier alpha value is -3.61. The van der Waals surface area contributed by atoms with Crippen molar-refractivity contribution in [1.82, 2.24) is 9.78 Å². The molecule has 1 heterocycles. The number of nitrogens with zero attached hydrogens (tertiary/aromatic N) is 2. The molecule has 2 amide bonds. The molecule has 0 radical (unpaired) electrons. The molecule has 0 aliphatic carbocycles. The van der Waals surface area contributed by atoms with E-state index in [4.69, 9.17) is 4.74 Å². The Morgan fingerprint density at radius 2 is 1.72 bits per heavy atom. The number of anilines is 2. The van der Waals surface area contributed by atoms with Gasteiger partial charge in [0.15, 0.2) is 5.69 Å². The van der Waals surface area contributed by atoms with Crippen molar-refractivity contribution < 1.29 is 14.3 Å². The quantitative estimate of drug-likeness (QED) is 0.633. The Bertz CT molecular complexity index is 979. The lowest BCUT2D eigenvalue weighted by molar-refractivity contribution is -0.118. The number of hydrogen-bond donors (Lipinski definition) is 2. The van der Waals surface area contributed by atoms with E-state index < -0.39 is 0 Å². The standard InChI is InChI=1S/C22H24N4O3/c1-4-29-18-12-10-16(11-13-18)23-22(28)19-14-20(24-21(27)15(2)3)26(25-19)17-8-6-5-7-9-17/h5-15H,4H2,1-3H3,(H,23,28)(H,24,27). The summed E-state index contributed by atoms with van der Waals surface area (Å²) in [7, 11) is 0. The third kappa shape index (κ3) is 5.01. The predicted molar refractivity (Wildman–Crippen MR) is 113 cm³/mol. The van der Waals surface area contributed by atoms with Crippen LogP contribution in [-0.4, -0.2) is 28.2 Å². The SMILES string of the molecule is CCOc1ccc(NC(=O)c2cc(NC(=O)C(C)C)n(-c3ccccc3)n2)cc1. The largest absolute Gasteiger partial charge is 0.494 e. The van der Waals surface area contributed by atoms with Crippen LogP contribution in [0.3, 0.4) is 0 Å². The van der Waals surface area contributed by atoms with E-state index in [0.29, 0.717) is 18.1 Å². The molecule has 1 aromatic heterocycles. The third-order valence-corrected chi connectivity index (χ3v) is 4.14. The van der Waals surface area contributed by atoms with Crippen LogP contribution in [0.15, 0.2) is 60.7 Å². The Kier molecular flexibility index (Phi) is 6.29. The van der Waals surface area contributed by atoms with Crippen LogP contribution in [0.4, 0.5) is 11.5 Å². The number of ether oxygens (including phenoxy) is 1. The normalized spacial score (nSPS) is 10.6. The summed E-state index contributed by atoms with van der Waals surface area (Å²) in [6.45, 7) is 6.10. The van der Waals surface area contributed by atoms with Crippen LogP contribution in [-0.2, 0) is 4.79 Å². The van der Waals surface area contributed by atoms with E-state index in [1.165, 1.54) is 0 Å². The zero-order valence-electron chi connectivity index (χ0n) is 16.7. The molecule has 0 aliphatic rings. The van der Waals surface area contributed by atoms with Crippen molar-refractivity contribution >= 4 is 23.3 Å². The minimum Gasteiger partial charge on any atom is -0.494 e.